The van der Waals surface area contributed by atoms with E-state index in [2.05, 4.69) is 4.40 Å². The van der Waals surface area contributed by atoms with Crippen LogP contribution in [0.3, 0.4) is 0 Å². The van der Waals surface area contributed by atoms with Crippen LogP contribution >= 0.6 is 0 Å². The fourth-order valence-electron chi connectivity index (χ4n) is 1.05. The third-order valence-electron chi connectivity index (χ3n) is 2.02. The molecule has 0 amide bonds. The molecule has 0 aromatic heterocycles. The number of ether oxygens (including phenoxy) is 1. The van der Waals surface area contributed by atoms with E-state index in [0.29, 0.717) is 0 Å². The number of rotatable bonds is 3. The molecule has 5 heteroatoms. The Hall–Kier alpha value is -1.23. The molecule has 0 fully saturated rings. The van der Waals surface area contributed by atoms with E-state index in [4.69, 9.17) is 4.74 Å². The molecule has 0 aliphatic heterocycles. The topological polar surface area (TPSA) is 38.7 Å². The van der Waals surface area contributed by atoms with Crippen LogP contribution in [0.2, 0.25) is 0 Å². The molecule has 0 aliphatic rings. The third-order valence-corrected chi connectivity index (χ3v) is 3.37. The first-order valence-corrected chi connectivity index (χ1v) is 6.25. The van der Waals surface area contributed by atoms with E-state index in [-0.39, 0.29) is 11.3 Å². The summed E-state index contributed by atoms with van der Waals surface area (Å²) in [5.41, 5.74) is 0.266. The highest BCUT2D eigenvalue weighted by molar-refractivity contribution is 7.85. The lowest BCUT2D eigenvalue weighted by atomic mass is 10.2. The van der Waals surface area contributed by atoms with Gasteiger partial charge in [-0.1, -0.05) is 12.1 Å². The van der Waals surface area contributed by atoms with Gasteiger partial charge >= 0.3 is 0 Å². The lowest BCUT2D eigenvalue weighted by Crippen LogP contribution is -2.19. The van der Waals surface area contributed by atoms with Crippen LogP contribution in [0.1, 0.15) is 26.3 Å². The van der Waals surface area contributed by atoms with E-state index < -0.39 is 21.5 Å². The summed E-state index contributed by atoms with van der Waals surface area (Å²) in [4.78, 5) is 0. The number of nitrogens with zero attached hydrogens (tertiary/aromatic N) is 1. The Bertz CT molecular complexity index is 452. The SMILES string of the molecule is COc1cccc(C=N[S@](=O)C(C)(C)C)c1F. The van der Waals surface area contributed by atoms with Gasteiger partial charge in [0.05, 0.1) is 11.9 Å². The van der Waals surface area contributed by atoms with Gasteiger partial charge < -0.3 is 4.74 Å². The van der Waals surface area contributed by atoms with Crippen molar-refractivity contribution >= 4 is 17.2 Å². The molecule has 0 bridgehead atoms. The highest BCUT2D eigenvalue weighted by atomic mass is 32.2. The van der Waals surface area contributed by atoms with E-state index >= 15 is 0 Å². The highest BCUT2D eigenvalue weighted by Gasteiger charge is 2.18. The second kappa shape index (κ2) is 5.40. The minimum Gasteiger partial charge on any atom is -0.494 e. The second-order valence-electron chi connectivity index (χ2n) is 4.46. The number of hydrogen-bond donors (Lipinski definition) is 0. The normalized spacial score (nSPS) is 13.9. The van der Waals surface area contributed by atoms with Crippen LogP contribution in [0.4, 0.5) is 4.39 Å². The standard InChI is InChI=1S/C12H16FNO2S/c1-12(2,3)17(15)14-8-9-6-5-7-10(16-4)11(9)13/h5-8H,1-4H3/t17-/m1/s1. The van der Waals surface area contributed by atoms with Gasteiger partial charge in [-0.15, -0.1) is 0 Å². The summed E-state index contributed by atoms with van der Waals surface area (Å²) in [5.74, 6) is -0.347. The zero-order chi connectivity index (χ0) is 13.1. The molecule has 0 heterocycles. The van der Waals surface area contributed by atoms with Crippen molar-refractivity contribution in [1.29, 1.82) is 0 Å². The molecule has 94 valence electrons. The lowest BCUT2D eigenvalue weighted by molar-refractivity contribution is 0.386. The molecule has 3 nitrogen and oxygen atoms in total. The lowest BCUT2D eigenvalue weighted by Gasteiger charge is -2.12. The molecule has 0 saturated heterocycles. The van der Waals surface area contributed by atoms with Crippen molar-refractivity contribution in [3.05, 3.63) is 29.6 Å². The average molecular weight is 257 g/mol. The summed E-state index contributed by atoms with van der Waals surface area (Å²) >= 11 is 0. The first-order valence-electron chi connectivity index (χ1n) is 5.15. The smallest absolute Gasteiger partial charge is 0.173 e. The monoisotopic (exact) mass is 257 g/mol. The largest absolute Gasteiger partial charge is 0.494 e. The number of hydrogen-bond acceptors (Lipinski definition) is 2. The Balaban J connectivity index is 2.97. The van der Waals surface area contributed by atoms with Gasteiger partial charge in [-0.25, -0.2) is 8.60 Å². The second-order valence-corrected chi connectivity index (χ2v) is 6.39. The molecule has 0 N–H and O–H groups in total. The Morgan fingerprint density at radius 1 is 1.41 bits per heavy atom. The molecule has 0 unspecified atom stereocenters. The Morgan fingerprint density at radius 2 is 2.06 bits per heavy atom. The van der Waals surface area contributed by atoms with Gasteiger partial charge in [0.1, 0.15) is 11.0 Å². The van der Waals surface area contributed by atoms with Crippen LogP contribution < -0.4 is 4.74 Å². The summed E-state index contributed by atoms with van der Waals surface area (Å²) in [7, 11) is 0.00279. The maximum atomic E-state index is 13.7. The predicted octanol–water partition coefficient (Wildman–Crippen LogP) is 2.72. The molecule has 0 aliphatic carbocycles. The summed E-state index contributed by atoms with van der Waals surface area (Å²) < 4.78 is 33.6. The van der Waals surface area contributed by atoms with Gasteiger partial charge in [0, 0.05) is 11.8 Å². The van der Waals surface area contributed by atoms with Crippen LogP contribution in [0.5, 0.6) is 5.75 Å². The van der Waals surface area contributed by atoms with Crippen molar-refractivity contribution < 1.29 is 13.3 Å². The summed E-state index contributed by atoms with van der Waals surface area (Å²) in [6.07, 6.45) is 1.28. The first-order chi connectivity index (χ1) is 7.86. The molecule has 0 radical (unpaired) electrons. The van der Waals surface area contributed by atoms with Crippen LogP contribution in [0.25, 0.3) is 0 Å². The maximum Gasteiger partial charge on any atom is 0.173 e. The van der Waals surface area contributed by atoms with E-state index in [1.807, 2.05) is 20.8 Å². The minimum atomic E-state index is -1.39. The van der Waals surface area contributed by atoms with Gasteiger partial charge in [-0.2, -0.15) is 4.40 Å². The molecule has 17 heavy (non-hydrogen) atoms. The zero-order valence-electron chi connectivity index (χ0n) is 10.4. The molecular weight excluding hydrogens is 241 g/mol. The average Bonchev–Trinajstić information content (AvgIpc) is 2.26. The Morgan fingerprint density at radius 3 is 2.59 bits per heavy atom. The molecule has 0 saturated carbocycles. The quantitative estimate of drug-likeness (QED) is 0.781. The van der Waals surface area contributed by atoms with Gasteiger partial charge in [0.2, 0.25) is 0 Å². The molecule has 1 aromatic rings. The van der Waals surface area contributed by atoms with Crippen molar-refractivity contribution in [3.8, 4) is 5.75 Å². The van der Waals surface area contributed by atoms with Crippen molar-refractivity contribution in [3.63, 3.8) is 0 Å². The fraction of sp³-hybridized carbons (Fsp3) is 0.417. The van der Waals surface area contributed by atoms with Crippen LogP contribution in [0.15, 0.2) is 22.6 Å². The molecule has 0 spiro atoms. The number of benzene rings is 1. The highest BCUT2D eigenvalue weighted by Crippen LogP contribution is 2.19. The first kappa shape index (κ1) is 13.8. The Kier molecular flexibility index (Phi) is 4.40. The van der Waals surface area contributed by atoms with Gasteiger partial charge in [-0.05, 0) is 26.8 Å². The third kappa shape index (κ3) is 3.63. The van der Waals surface area contributed by atoms with E-state index in [9.17, 15) is 8.60 Å². The van der Waals surface area contributed by atoms with E-state index in [1.165, 1.54) is 19.4 Å². The maximum absolute atomic E-state index is 13.7. The van der Waals surface area contributed by atoms with Crippen LogP contribution in [-0.4, -0.2) is 22.3 Å². The number of halogens is 1. The van der Waals surface area contributed by atoms with Crippen LogP contribution in [-0.2, 0) is 11.0 Å². The summed E-state index contributed by atoms with van der Waals surface area (Å²) in [6, 6.07) is 4.73. The predicted molar refractivity (Wildman–Crippen MR) is 68.4 cm³/mol. The van der Waals surface area contributed by atoms with Gasteiger partial charge in [0.15, 0.2) is 11.6 Å². The van der Waals surface area contributed by atoms with Crippen molar-refractivity contribution in [2.45, 2.75) is 25.5 Å². The molecule has 1 atom stereocenters. The van der Waals surface area contributed by atoms with Crippen molar-refractivity contribution in [2.24, 2.45) is 4.40 Å². The van der Waals surface area contributed by atoms with E-state index in [1.54, 1.807) is 12.1 Å². The molecule has 1 aromatic carbocycles. The minimum absolute atomic E-state index is 0.149. The fourth-order valence-corrected chi connectivity index (χ4v) is 1.57. The molecule has 1 rings (SSSR count). The summed E-state index contributed by atoms with van der Waals surface area (Å²) in [6.45, 7) is 5.42. The molecular formula is C12H16FNO2S. The van der Waals surface area contributed by atoms with Crippen molar-refractivity contribution in [1.82, 2.24) is 0 Å². The number of methoxy groups -OCH3 is 1. The van der Waals surface area contributed by atoms with Gasteiger partial charge in [-0.3, -0.25) is 0 Å². The van der Waals surface area contributed by atoms with Crippen molar-refractivity contribution in [2.75, 3.05) is 7.11 Å². The van der Waals surface area contributed by atoms with Crippen LogP contribution in [0, 0.1) is 5.82 Å². The van der Waals surface area contributed by atoms with E-state index in [0.717, 1.165) is 0 Å². The zero-order valence-corrected chi connectivity index (χ0v) is 11.2. The van der Waals surface area contributed by atoms with Gasteiger partial charge in [0.25, 0.3) is 0 Å². The Labute approximate surface area is 103 Å². The summed E-state index contributed by atoms with van der Waals surface area (Å²) in [5, 5.41) is 0.